The van der Waals surface area contributed by atoms with Gasteiger partial charge in [0.05, 0.1) is 0 Å². The maximum atomic E-state index is 5.95. The summed E-state index contributed by atoms with van der Waals surface area (Å²) in [5.41, 5.74) is 1.89. The van der Waals surface area contributed by atoms with Gasteiger partial charge in [0, 0.05) is 22.3 Å². The zero-order valence-corrected chi connectivity index (χ0v) is 13.0. The van der Waals surface area contributed by atoms with E-state index in [0.29, 0.717) is 28.5 Å². The first-order valence-electron chi connectivity index (χ1n) is 6.62. The summed E-state index contributed by atoms with van der Waals surface area (Å²) in [5.74, 6) is 1.02. The Morgan fingerprint density at radius 1 is 1.00 bits per heavy atom. The number of rotatable bonds is 5. The second-order valence-electron chi connectivity index (χ2n) is 4.63. The fraction of sp³-hybridized carbons (Fsp3) is 0.0667. The molecular weight excluding hydrogens is 321 g/mol. The molecule has 0 spiro atoms. The first-order chi connectivity index (χ1) is 10.7. The first kappa shape index (κ1) is 14.7. The van der Waals surface area contributed by atoms with Crippen molar-refractivity contribution in [1.29, 1.82) is 0 Å². The van der Waals surface area contributed by atoms with Crippen LogP contribution in [0.15, 0.2) is 48.5 Å². The molecule has 1 heterocycles. The minimum absolute atomic E-state index is 0.439. The Kier molecular flexibility index (Phi) is 4.46. The van der Waals surface area contributed by atoms with Crippen LogP contribution in [0.3, 0.4) is 0 Å². The van der Waals surface area contributed by atoms with E-state index in [9.17, 15) is 0 Å². The number of H-pyrrole nitrogens is 1. The second kappa shape index (κ2) is 6.68. The molecule has 112 valence electrons. The van der Waals surface area contributed by atoms with Crippen molar-refractivity contribution >= 4 is 40.8 Å². The van der Waals surface area contributed by atoms with Gasteiger partial charge in [0.2, 0.25) is 11.9 Å². The third-order valence-corrected chi connectivity index (χ3v) is 3.34. The predicted molar refractivity (Wildman–Crippen MR) is 89.9 cm³/mol. The summed E-state index contributed by atoms with van der Waals surface area (Å²) >= 11 is 11.9. The van der Waals surface area contributed by atoms with E-state index >= 15 is 0 Å². The zero-order valence-electron chi connectivity index (χ0n) is 11.5. The highest BCUT2D eigenvalue weighted by Crippen LogP contribution is 2.24. The summed E-state index contributed by atoms with van der Waals surface area (Å²) in [6, 6.07) is 15.2. The smallest absolute Gasteiger partial charge is 0.248 e. The largest absolute Gasteiger partial charge is 0.350 e. The maximum Gasteiger partial charge on any atom is 0.248 e. The Balaban J connectivity index is 1.63. The van der Waals surface area contributed by atoms with Crippen molar-refractivity contribution in [2.75, 3.05) is 10.6 Å². The highest BCUT2D eigenvalue weighted by atomic mass is 35.5. The molecule has 3 aromatic rings. The van der Waals surface area contributed by atoms with E-state index in [4.69, 9.17) is 23.2 Å². The van der Waals surface area contributed by atoms with Gasteiger partial charge in [-0.2, -0.15) is 4.98 Å². The number of hydrogen-bond acceptors (Lipinski definition) is 4. The summed E-state index contributed by atoms with van der Waals surface area (Å²) in [6.45, 7) is 0.665. The minimum Gasteiger partial charge on any atom is -0.350 e. The monoisotopic (exact) mass is 333 g/mol. The van der Waals surface area contributed by atoms with Crippen LogP contribution < -0.4 is 10.6 Å². The molecule has 0 saturated carbocycles. The summed E-state index contributed by atoms with van der Waals surface area (Å²) in [6.07, 6.45) is 0. The standard InChI is InChI=1S/C15H13Cl2N5/c16-11-6-12(17)8-13(7-11)19-15-20-14(21-22-15)18-9-10-4-2-1-3-5-10/h1-8H,9H2,(H3,18,19,20,21,22). The summed E-state index contributed by atoms with van der Waals surface area (Å²) in [5, 5.41) is 14.2. The van der Waals surface area contributed by atoms with Crippen LogP contribution >= 0.6 is 23.2 Å². The van der Waals surface area contributed by atoms with Crippen molar-refractivity contribution < 1.29 is 0 Å². The SMILES string of the molecule is Clc1cc(Cl)cc(Nc2n[nH]c(NCc3ccccc3)n2)c1. The average Bonchev–Trinajstić information content (AvgIpc) is 2.93. The Bertz CT molecular complexity index is 737. The van der Waals surface area contributed by atoms with Crippen LogP contribution in [0.2, 0.25) is 10.0 Å². The van der Waals surface area contributed by atoms with Gasteiger partial charge in [-0.3, -0.25) is 0 Å². The van der Waals surface area contributed by atoms with Gasteiger partial charge >= 0.3 is 0 Å². The molecule has 0 amide bonds. The van der Waals surface area contributed by atoms with Crippen LogP contribution in [0.1, 0.15) is 5.56 Å². The van der Waals surface area contributed by atoms with E-state index in [1.165, 1.54) is 0 Å². The molecule has 0 atom stereocenters. The molecule has 0 aliphatic carbocycles. The van der Waals surface area contributed by atoms with Gasteiger partial charge in [0.1, 0.15) is 0 Å². The third kappa shape index (κ3) is 3.90. The van der Waals surface area contributed by atoms with Gasteiger partial charge in [-0.05, 0) is 23.8 Å². The van der Waals surface area contributed by atoms with Gasteiger partial charge in [0.25, 0.3) is 0 Å². The number of aromatic amines is 1. The lowest BCUT2D eigenvalue weighted by Crippen LogP contribution is -2.00. The lowest BCUT2D eigenvalue weighted by Gasteiger charge is -2.03. The van der Waals surface area contributed by atoms with Crippen molar-refractivity contribution in [3.05, 3.63) is 64.1 Å². The van der Waals surface area contributed by atoms with E-state index in [1.807, 2.05) is 30.3 Å². The van der Waals surface area contributed by atoms with Crippen LogP contribution in [-0.2, 0) is 6.54 Å². The molecule has 0 radical (unpaired) electrons. The molecule has 2 aromatic carbocycles. The number of anilines is 3. The third-order valence-electron chi connectivity index (χ3n) is 2.91. The highest BCUT2D eigenvalue weighted by molar-refractivity contribution is 6.35. The Hall–Kier alpha value is -2.24. The van der Waals surface area contributed by atoms with Crippen LogP contribution in [0.25, 0.3) is 0 Å². The van der Waals surface area contributed by atoms with Crippen LogP contribution in [0, 0.1) is 0 Å². The Morgan fingerprint density at radius 3 is 2.45 bits per heavy atom. The average molecular weight is 334 g/mol. The zero-order chi connectivity index (χ0) is 15.4. The van der Waals surface area contributed by atoms with E-state index in [1.54, 1.807) is 18.2 Å². The molecule has 1 aromatic heterocycles. The molecule has 0 unspecified atom stereocenters. The van der Waals surface area contributed by atoms with Gasteiger partial charge in [-0.15, -0.1) is 5.10 Å². The lowest BCUT2D eigenvalue weighted by atomic mass is 10.2. The fourth-order valence-electron chi connectivity index (χ4n) is 1.93. The fourth-order valence-corrected chi connectivity index (χ4v) is 2.46. The quantitative estimate of drug-likeness (QED) is 0.644. The summed E-state index contributed by atoms with van der Waals surface area (Å²) in [7, 11) is 0. The van der Waals surface area contributed by atoms with Crippen LogP contribution in [-0.4, -0.2) is 15.2 Å². The van der Waals surface area contributed by atoms with E-state index in [0.717, 1.165) is 11.3 Å². The predicted octanol–water partition coefficient (Wildman–Crippen LogP) is 4.47. The molecule has 0 bridgehead atoms. The molecule has 7 heteroatoms. The van der Waals surface area contributed by atoms with Crippen molar-refractivity contribution in [3.8, 4) is 0 Å². The molecule has 0 fully saturated rings. The van der Waals surface area contributed by atoms with E-state index in [-0.39, 0.29) is 0 Å². The van der Waals surface area contributed by atoms with Crippen molar-refractivity contribution in [3.63, 3.8) is 0 Å². The van der Waals surface area contributed by atoms with E-state index in [2.05, 4.69) is 25.8 Å². The molecule has 0 aliphatic rings. The summed E-state index contributed by atoms with van der Waals surface area (Å²) < 4.78 is 0. The highest BCUT2D eigenvalue weighted by Gasteiger charge is 2.05. The van der Waals surface area contributed by atoms with Crippen molar-refractivity contribution in [1.82, 2.24) is 15.2 Å². The normalized spacial score (nSPS) is 10.5. The van der Waals surface area contributed by atoms with Gasteiger partial charge in [0.15, 0.2) is 0 Å². The number of nitrogens with one attached hydrogen (secondary N) is 3. The molecule has 0 saturated heterocycles. The molecule has 0 aliphatic heterocycles. The Labute approximate surface area is 137 Å². The van der Waals surface area contributed by atoms with Gasteiger partial charge in [-0.25, -0.2) is 5.10 Å². The number of aromatic nitrogens is 3. The van der Waals surface area contributed by atoms with Crippen molar-refractivity contribution in [2.45, 2.75) is 6.54 Å². The van der Waals surface area contributed by atoms with E-state index < -0.39 is 0 Å². The van der Waals surface area contributed by atoms with Crippen LogP contribution in [0.5, 0.6) is 0 Å². The topological polar surface area (TPSA) is 65.6 Å². The minimum atomic E-state index is 0.439. The Morgan fingerprint density at radius 2 is 1.73 bits per heavy atom. The van der Waals surface area contributed by atoms with Crippen molar-refractivity contribution in [2.24, 2.45) is 0 Å². The first-order valence-corrected chi connectivity index (χ1v) is 7.38. The molecule has 22 heavy (non-hydrogen) atoms. The second-order valence-corrected chi connectivity index (χ2v) is 5.50. The molecule has 3 rings (SSSR count). The number of halogens is 2. The molecule has 5 nitrogen and oxygen atoms in total. The molecular formula is C15H13Cl2N5. The van der Waals surface area contributed by atoms with Gasteiger partial charge in [-0.1, -0.05) is 53.5 Å². The van der Waals surface area contributed by atoms with Gasteiger partial charge < -0.3 is 10.6 Å². The number of nitrogens with zero attached hydrogens (tertiary/aromatic N) is 2. The number of hydrogen-bond donors (Lipinski definition) is 3. The lowest BCUT2D eigenvalue weighted by molar-refractivity contribution is 1.04. The number of benzene rings is 2. The molecule has 3 N–H and O–H groups in total. The summed E-state index contributed by atoms with van der Waals surface area (Å²) in [4.78, 5) is 4.30. The maximum absolute atomic E-state index is 5.95. The van der Waals surface area contributed by atoms with Crippen LogP contribution in [0.4, 0.5) is 17.6 Å².